The van der Waals surface area contributed by atoms with E-state index in [9.17, 15) is 57.5 Å². The van der Waals surface area contributed by atoms with E-state index in [1.54, 1.807) is 0 Å². The molecule has 0 aromatic rings. The van der Waals surface area contributed by atoms with Crippen LogP contribution in [0.2, 0.25) is 0 Å². The molecule has 3 unspecified atom stereocenters. The molecule has 4 nitrogen and oxygen atoms in total. The maximum absolute atomic E-state index is 14.0. The standard InChI is InChI=1S/C19H24F12O4/c1-4-10(2)13(32)35-15(18(26,27)28,19(29,30)31)12-7-5-6-11(8-12)14(16(20,21)22,17(23,24)25)34-9-33-3/h10-12H,4-9H2,1-3H3. The van der Waals surface area contributed by atoms with Crippen molar-refractivity contribution < 1.29 is 71.7 Å². The van der Waals surface area contributed by atoms with Crippen molar-refractivity contribution in [2.45, 2.75) is 81.9 Å². The van der Waals surface area contributed by atoms with Gasteiger partial charge in [-0.2, -0.15) is 52.7 Å². The number of esters is 1. The molecule has 0 saturated heterocycles. The fourth-order valence-corrected chi connectivity index (χ4v) is 4.23. The third kappa shape index (κ3) is 5.77. The van der Waals surface area contributed by atoms with Gasteiger partial charge in [0.25, 0.3) is 5.60 Å². The maximum atomic E-state index is 14.0. The molecule has 0 N–H and O–H groups in total. The first kappa shape index (κ1) is 31.6. The number of ether oxygens (including phenoxy) is 3. The van der Waals surface area contributed by atoms with E-state index in [4.69, 9.17) is 0 Å². The molecule has 1 aliphatic carbocycles. The summed E-state index contributed by atoms with van der Waals surface area (Å²) in [6.07, 6.45) is -30.6. The Labute approximate surface area is 192 Å². The van der Waals surface area contributed by atoms with Crippen LogP contribution in [0.1, 0.15) is 46.0 Å². The highest BCUT2D eigenvalue weighted by atomic mass is 19.4. The molecule has 0 amide bonds. The fourth-order valence-electron chi connectivity index (χ4n) is 4.23. The second-order valence-electron chi connectivity index (χ2n) is 8.30. The average molecular weight is 544 g/mol. The van der Waals surface area contributed by atoms with Crippen molar-refractivity contribution >= 4 is 5.97 Å². The summed E-state index contributed by atoms with van der Waals surface area (Å²) >= 11 is 0. The van der Waals surface area contributed by atoms with Crippen molar-refractivity contribution in [3.05, 3.63) is 0 Å². The third-order valence-corrected chi connectivity index (χ3v) is 6.19. The zero-order chi connectivity index (χ0) is 27.7. The first-order valence-electron chi connectivity index (χ1n) is 10.3. The Hall–Kier alpha value is -1.45. The summed E-state index contributed by atoms with van der Waals surface area (Å²) < 4.78 is 179. The van der Waals surface area contributed by atoms with E-state index in [2.05, 4.69) is 14.2 Å². The van der Waals surface area contributed by atoms with Crippen LogP contribution in [0.3, 0.4) is 0 Å². The SMILES string of the molecule is CCC(C)C(=O)OC(C1CCCC(C(OCOC)(C(F)(F)F)C(F)(F)F)C1)(C(F)(F)F)C(F)(F)F. The molecule has 0 spiro atoms. The van der Waals surface area contributed by atoms with Crippen molar-refractivity contribution in [1.82, 2.24) is 0 Å². The van der Waals surface area contributed by atoms with Gasteiger partial charge in [0.05, 0.1) is 5.92 Å². The topological polar surface area (TPSA) is 44.8 Å². The molecule has 16 heteroatoms. The number of hydrogen-bond acceptors (Lipinski definition) is 4. The van der Waals surface area contributed by atoms with E-state index in [0.717, 1.165) is 6.92 Å². The van der Waals surface area contributed by atoms with Crippen molar-refractivity contribution in [2.24, 2.45) is 17.8 Å². The first-order chi connectivity index (χ1) is 15.6. The van der Waals surface area contributed by atoms with Crippen LogP contribution in [0.5, 0.6) is 0 Å². The molecule has 208 valence electrons. The minimum atomic E-state index is -6.41. The van der Waals surface area contributed by atoms with Gasteiger partial charge >= 0.3 is 36.3 Å². The number of carbonyl (C=O) groups is 1. The number of methoxy groups -OCH3 is 1. The van der Waals surface area contributed by atoms with Crippen LogP contribution in [0.25, 0.3) is 0 Å². The van der Waals surface area contributed by atoms with Crippen LogP contribution in [0.15, 0.2) is 0 Å². The highest BCUT2D eigenvalue weighted by Gasteiger charge is 2.80. The lowest BCUT2D eigenvalue weighted by Crippen LogP contribution is -2.68. The Bertz CT molecular complexity index is 683. The molecule has 1 saturated carbocycles. The molecule has 1 aliphatic rings. The monoisotopic (exact) mass is 544 g/mol. The maximum Gasteiger partial charge on any atom is 0.437 e. The lowest BCUT2D eigenvalue weighted by atomic mass is 9.66. The van der Waals surface area contributed by atoms with E-state index in [0.29, 0.717) is 7.11 Å². The molecule has 0 aliphatic heterocycles. The zero-order valence-electron chi connectivity index (χ0n) is 18.6. The minimum absolute atomic E-state index is 0.242. The Kier molecular flexibility index (Phi) is 9.47. The van der Waals surface area contributed by atoms with Gasteiger partial charge in [0, 0.05) is 18.9 Å². The Balaban J connectivity index is 3.74. The molecule has 0 aromatic carbocycles. The molecular formula is C19H24F12O4. The van der Waals surface area contributed by atoms with E-state index < -0.39 is 92.1 Å². The first-order valence-corrected chi connectivity index (χ1v) is 10.3. The van der Waals surface area contributed by atoms with Gasteiger partial charge in [0.15, 0.2) is 0 Å². The predicted octanol–water partition coefficient (Wildman–Crippen LogP) is 6.73. The van der Waals surface area contributed by atoms with Gasteiger partial charge in [-0.05, 0) is 25.7 Å². The highest BCUT2D eigenvalue weighted by Crippen LogP contribution is 2.60. The summed E-state index contributed by atoms with van der Waals surface area (Å²) in [5.41, 5.74) is -10.5. The summed E-state index contributed by atoms with van der Waals surface area (Å²) in [4.78, 5) is 12.0. The zero-order valence-corrected chi connectivity index (χ0v) is 18.6. The number of alkyl halides is 12. The molecule has 0 heterocycles. The molecule has 0 radical (unpaired) electrons. The smallest absolute Gasteiger partial charge is 0.437 e. The number of hydrogen-bond donors (Lipinski definition) is 0. The lowest BCUT2D eigenvalue weighted by molar-refractivity contribution is -0.418. The van der Waals surface area contributed by atoms with Gasteiger partial charge in [0.2, 0.25) is 0 Å². The number of halogens is 12. The van der Waals surface area contributed by atoms with E-state index in [-0.39, 0.29) is 6.42 Å². The van der Waals surface area contributed by atoms with Gasteiger partial charge in [-0.3, -0.25) is 4.79 Å². The third-order valence-electron chi connectivity index (χ3n) is 6.19. The van der Waals surface area contributed by atoms with Crippen molar-refractivity contribution in [3.8, 4) is 0 Å². The summed E-state index contributed by atoms with van der Waals surface area (Å²) in [7, 11) is 0.674. The quantitative estimate of drug-likeness (QED) is 0.193. The Morgan fingerprint density at radius 1 is 0.800 bits per heavy atom. The molecule has 3 atom stereocenters. The summed E-state index contributed by atoms with van der Waals surface area (Å²) in [6, 6.07) is 0. The summed E-state index contributed by atoms with van der Waals surface area (Å²) in [6.45, 7) is 0.604. The molecular weight excluding hydrogens is 520 g/mol. The molecule has 35 heavy (non-hydrogen) atoms. The van der Waals surface area contributed by atoms with Crippen LogP contribution in [-0.2, 0) is 19.0 Å². The average Bonchev–Trinajstić information content (AvgIpc) is 2.67. The minimum Gasteiger partial charge on any atom is -0.439 e. The van der Waals surface area contributed by atoms with Gasteiger partial charge in [-0.1, -0.05) is 20.3 Å². The Morgan fingerprint density at radius 2 is 1.20 bits per heavy atom. The van der Waals surface area contributed by atoms with Crippen LogP contribution in [-0.4, -0.2) is 55.8 Å². The summed E-state index contributed by atoms with van der Waals surface area (Å²) in [5, 5.41) is 0. The predicted molar refractivity (Wildman–Crippen MR) is 93.6 cm³/mol. The van der Waals surface area contributed by atoms with Gasteiger partial charge in [-0.25, -0.2) is 0 Å². The van der Waals surface area contributed by atoms with Crippen LogP contribution in [0.4, 0.5) is 52.7 Å². The largest absolute Gasteiger partial charge is 0.439 e. The second kappa shape index (κ2) is 10.5. The molecule has 0 aromatic heterocycles. The van der Waals surface area contributed by atoms with Gasteiger partial charge in [0.1, 0.15) is 6.79 Å². The lowest BCUT2D eigenvalue weighted by Gasteiger charge is -2.49. The van der Waals surface area contributed by atoms with Crippen LogP contribution in [0, 0.1) is 17.8 Å². The fraction of sp³-hybridized carbons (Fsp3) is 0.947. The van der Waals surface area contributed by atoms with E-state index >= 15 is 0 Å². The van der Waals surface area contributed by atoms with Gasteiger partial charge < -0.3 is 14.2 Å². The summed E-state index contributed by atoms with van der Waals surface area (Å²) in [5.74, 6) is -9.35. The normalized spacial score (nSPS) is 22.1. The molecule has 0 bridgehead atoms. The second-order valence-corrected chi connectivity index (χ2v) is 8.30. The van der Waals surface area contributed by atoms with Crippen LogP contribution < -0.4 is 0 Å². The van der Waals surface area contributed by atoms with Crippen molar-refractivity contribution in [3.63, 3.8) is 0 Å². The Morgan fingerprint density at radius 3 is 1.54 bits per heavy atom. The van der Waals surface area contributed by atoms with Crippen molar-refractivity contribution in [1.29, 1.82) is 0 Å². The number of rotatable bonds is 8. The molecule has 1 fully saturated rings. The van der Waals surface area contributed by atoms with Crippen LogP contribution >= 0.6 is 0 Å². The van der Waals surface area contributed by atoms with E-state index in [1.807, 2.05) is 0 Å². The van der Waals surface area contributed by atoms with Gasteiger partial charge in [-0.15, -0.1) is 0 Å². The molecule has 1 rings (SSSR count). The highest BCUT2D eigenvalue weighted by molar-refractivity contribution is 5.72. The van der Waals surface area contributed by atoms with E-state index in [1.165, 1.54) is 6.92 Å². The number of carbonyl (C=O) groups excluding carboxylic acids is 1. The van der Waals surface area contributed by atoms with Crippen molar-refractivity contribution in [2.75, 3.05) is 13.9 Å².